The number of nitrogens with one attached hydrogen (secondary N) is 2. The highest BCUT2D eigenvalue weighted by atomic mass is 19.2. The first kappa shape index (κ1) is 30.3. The number of hydrogen-bond acceptors (Lipinski definition) is 6. The van der Waals surface area contributed by atoms with Crippen LogP contribution in [-0.4, -0.2) is 71.1 Å². The van der Waals surface area contributed by atoms with Gasteiger partial charge in [0.25, 0.3) is 5.91 Å². The van der Waals surface area contributed by atoms with E-state index >= 15 is 0 Å². The maximum Gasteiger partial charge on any atom is 0.253 e. The second kappa shape index (κ2) is 12.1. The standard InChI is InChI=1S/C34H34F3N5O4/c35-24-6-7-25(36)29(37)28(24)22-13-26-32(44)42(18-22)8-2-1-3-9-46-10-4-5-19-11-23-30(39-16-19)41-33(45)34(23)14-20-12-21(31(43)40-26)17-38-27(20)15-34/h4-7,11-12,16-17,22,24,26,28H,1-3,8-10,13-15,18H2,(H,40,43)(H,39,41,45)/b5-4+/t22?,24?,26?,28?,34-/m0/s1. The molecule has 0 radical (unpaired) electrons. The number of halogens is 3. The lowest BCUT2D eigenvalue weighted by molar-refractivity contribution is -0.138. The first-order valence-electron chi connectivity index (χ1n) is 15.7. The second-order valence-electron chi connectivity index (χ2n) is 12.8. The quantitative estimate of drug-likeness (QED) is 0.485. The molecule has 1 spiro atoms. The van der Waals surface area contributed by atoms with E-state index in [1.165, 1.54) is 11.1 Å². The Hall–Kier alpha value is -4.32. The molecule has 1 fully saturated rings. The van der Waals surface area contributed by atoms with Crippen molar-refractivity contribution >= 4 is 29.6 Å². The summed E-state index contributed by atoms with van der Waals surface area (Å²) in [5.41, 5.74) is 2.33. The zero-order chi connectivity index (χ0) is 32.0. The molecular weight excluding hydrogens is 599 g/mol. The Labute approximate surface area is 264 Å². The normalized spacial score (nSPS) is 30.5. The van der Waals surface area contributed by atoms with Crippen molar-refractivity contribution in [2.75, 3.05) is 31.6 Å². The van der Waals surface area contributed by atoms with Gasteiger partial charge in [0, 0.05) is 49.8 Å². The van der Waals surface area contributed by atoms with E-state index < -0.39 is 47.0 Å². The third-order valence-electron chi connectivity index (χ3n) is 9.82. The molecule has 12 heteroatoms. The van der Waals surface area contributed by atoms with E-state index in [0.717, 1.165) is 41.7 Å². The van der Waals surface area contributed by atoms with Gasteiger partial charge in [-0.05, 0) is 73.4 Å². The Morgan fingerprint density at radius 3 is 2.76 bits per heavy atom. The topological polar surface area (TPSA) is 114 Å². The van der Waals surface area contributed by atoms with Crippen LogP contribution in [0.25, 0.3) is 6.08 Å². The van der Waals surface area contributed by atoms with Gasteiger partial charge < -0.3 is 20.3 Å². The highest BCUT2D eigenvalue weighted by Gasteiger charge is 2.52. The third kappa shape index (κ3) is 5.42. The van der Waals surface area contributed by atoms with E-state index in [1.54, 1.807) is 12.3 Å². The molecule has 3 amide bonds. The highest BCUT2D eigenvalue weighted by molar-refractivity contribution is 6.06. The summed E-state index contributed by atoms with van der Waals surface area (Å²) < 4.78 is 49.9. The molecule has 2 aromatic heterocycles. The number of alkyl halides is 1. The van der Waals surface area contributed by atoms with Crippen LogP contribution < -0.4 is 10.6 Å². The number of nitrogens with zero attached hydrogens (tertiary/aromatic N) is 3. The van der Waals surface area contributed by atoms with Crippen molar-refractivity contribution in [2.45, 2.75) is 56.2 Å². The van der Waals surface area contributed by atoms with Crippen molar-refractivity contribution in [2.24, 2.45) is 11.8 Å². The van der Waals surface area contributed by atoms with Crippen LogP contribution in [0.4, 0.5) is 19.0 Å². The molecule has 7 bridgehead atoms. The Morgan fingerprint density at radius 2 is 1.89 bits per heavy atom. The van der Waals surface area contributed by atoms with Gasteiger partial charge in [0.05, 0.1) is 23.5 Å². The van der Waals surface area contributed by atoms with Crippen LogP contribution >= 0.6 is 0 Å². The Balaban J connectivity index is 1.19. The molecule has 0 aromatic carbocycles. The summed E-state index contributed by atoms with van der Waals surface area (Å²) in [5.74, 6) is -5.04. The van der Waals surface area contributed by atoms with Crippen molar-refractivity contribution in [3.05, 3.63) is 82.4 Å². The van der Waals surface area contributed by atoms with E-state index in [0.29, 0.717) is 50.5 Å². The number of fused-ring (bicyclic) bond motifs is 4. The number of ether oxygens (including phenoxy) is 1. The maximum absolute atomic E-state index is 15.0. The van der Waals surface area contributed by atoms with Crippen molar-refractivity contribution < 1.29 is 32.3 Å². The van der Waals surface area contributed by atoms with E-state index in [2.05, 4.69) is 20.6 Å². The minimum absolute atomic E-state index is 0.0458. The molecule has 0 saturated carbocycles. The first-order valence-corrected chi connectivity index (χ1v) is 15.7. The molecule has 5 atom stereocenters. The average Bonchev–Trinajstić information content (AvgIpc) is 3.56. The number of allylic oxidation sites excluding steroid dienone is 4. The van der Waals surface area contributed by atoms with Gasteiger partial charge in [-0.3, -0.25) is 19.4 Å². The predicted octanol–water partition coefficient (Wildman–Crippen LogP) is 4.30. The van der Waals surface area contributed by atoms with Gasteiger partial charge in [-0.1, -0.05) is 12.2 Å². The highest BCUT2D eigenvalue weighted by Crippen LogP contribution is 2.46. The van der Waals surface area contributed by atoms with Gasteiger partial charge in [0.2, 0.25) is 11.8 Å². The van der Waals surface area contributed by atoms with Crippen LogP contribution in [0, 0.1) is 11.8 Å². The van der Waals surface area contributed by atoms with E-state index in [4.69, 9.17) is 4.74 Å². The summed E-state index contributed by atoms with van der Waals surface area (Å²) in [6.45, 7) is 1.27. The van der Waals surface area contributed by atoms with Gasteiger partial charge in [-0.2, -0.15) is 0 Å². The molecule has 3 aliphatic heterocycles. The lowest BCUT2D eigenvalue weighted by atomic mass is 9.78. The Kier molecular flexibility index (Phi) is 8.00. The summed E-state index contributed by atoms with van der Waals surface area (Å²) in [7, 11) is 0. The zero-order valence-electron chi connectivity index (χ0n) is 25.1. The number of pyridine rings is 2. The average molecular weight is 634 g/mol. The van der Waals surface area contributed by atoms with Crippen LogP contribution in [0.3, 0.4) is 0 Å². The molecule has 4 unspecified atom stereocenters. The SMILES string of the molecule is O=C1NC2CC(C3C(F)=C(F)C=CC3F)CN(CCCCCOC/C=C/c3cnc4c(c3)[C@@]3(Cc5cc1cnc5C3)C(=O)N4)C2=O. The van der Waals surface area contributed by atoms with Crippen LogP contribution in [0.1, 0.15) is 58.4 Å². The molecule has 2 N–H and O–H groups in total. The molecule has 5 heterocycles. The molecule has 1 saturated heterocycles. The number of aromatic nitrogens is 2. The van der Waals surface area contributed by atoms with E-state index in [9.17, 15) is 27.6 Å². The summed E-state index contributed by atoms with van der Waals surface area (Å²) in [5, 5.41) is 5.67. The maximum atomic E-state index is 15.0. The number of carbonyl (C=O) groups is 3. The van der Waals surface area contributed by atoms with Crippen molar-refractivity contribution in [1.29, 1.82) is 0 Å². The van der Waals surface area contributed by atoms with E-state index in [-0.39, 0.29) is 30.3 Å². The summed E-state index contributed by atoms with van der Waals surface area (Å²) >= 11 is 0. The summed E-state index contributed by atoms with van der Waals surface area (Å²) in [6, 6.07) is 2.57. The fourth-order valence-electron chi connectivity index (χ4n) is 7.44. The van der Waals surface area contributed by atoms with Crippen molar-refractivity contribution in [3.63, 3.8) is 0 Å². The molecule has 9 nitrogen and oxygen atoms in total. The van der Waals surface area contributed by atoms with Crippen molar-refractivity contribution in [1.82, 2.24) is 20.2 Å². The summed E-state index contributed by atoms with van der Waals surface area (Å²) in [6.07, 6.45) is 9.66. The van der Waals surface area contributed by atoms with Gasteiger partial charge in [0.15, 0.2) is 5.83 Å². The molecule has 7 rings (SSSR count). The van der Waals surface area contributed by atoms with E-state index in [1.807, 2.05) is 18.2 Å². The fourth-order valence-corrected chi connectivity index (χ4v) is 7.44. The molecular formula is C34H34F3N5O4. The van der Waals surface area contributed by atoms with Gasteiger partial charge in [-0.15, -0.1) is 0 Å². The molecule has 46 heavy (non-hydrogen) atoms. The third-order valence-corrected chi connectivity index (χ3v) is 9.82. The van der Waals surface area contributed by atoms with Crippen LogP contribution in [0.2, 0.25) is 0 Å². The summed E-state index contributed by atoms with van der Waals surface area (Å²) in [4.78, 5) is 51.1. The second-order valence-corrected chi connectivity index (χ2v) is 12.8. The molecule has 2 aliphatic carbocycles. The number of carbonyl (C=O) groups excluding carboxylic acids is 3. The van der Waals surface area contributed by atoms with Gasteiger partial charge in [0.1, 0.15) is 23.9 Å². The number of piperidine rings is 1. The number of amides is 3. The van der Waals surface area contributed by atoms with Gasteiger partial charge in [-0.25, -0.2) is 18.2 Å². The first-order chi connectivity index (χ1) is 22.2. The van der Waals surface area contributed by atoms with Crippen LogP contribution in [0.15, 0.2) is 54.4 Å². The lowest BCUT2D eigenvalue weighted by Gasteiger charge is -2.41. The number of anilines is 1. The minimum Gasteiger partial charge on any atom is -0.377 e. The monoisotopic (exact) mass is 633 g/mol. The predicted molar refractivity (Wildman–Crippen MR) is 163 cm³/mol. The van der Waals surface area contributed by atoms with Crippen LogP contribution in [0.5, 0.6) is 0 Å². The zero-order valence-corrected chi connectivity index (χ0v) is 25.1. The minimum atomic E-state index is -1.76. The van der Waals surface area contributed by atoms with Gasteiger partial charge >= 0.3 is 0 Å². The van der Waals surface area contributed by atoms with Crippen LogP contribution in [-0.2, 0) is 32.6 Å². The fraction of sp³-hybridized carbons (Fsp3) is 0.441. The largest absolute Gasteiger partial charge is 0.377 e. The number of hydrogen-bond donors (Lipinski definition) is 2. The van der Waals surface area contributed by atoms with Crippen molar-refractivity contribution in [3.8, 4) is 0 Å². The smallest absolute Gasteiger partial charge is 0.253 e. The number of rotatable bonds is 1. The lowest BCUT2D eigenvalue weighted by Crippen LogP contribution is -2.57. The molecule has 5 aliphatic rings. The molecule has 2 aromatic rings. The molecule has 240 valence electrons. The Bertz CT molecular complexity index is 1690. The Morgan fingerprint density at radius 1 is 1.02 bits per heavy atom.